The molecule has 1 amide bonds. The van der Waals surface area contributed by atoms with Gasteiger partial charge in [0.25, 0.3) is 5.78 Å². The maximum absolute atomic E-state index is 13.6. The van der Waals surface area contributed by atoms with Crippen LogP contribution in [0.2, 0.25) is 5.02 Å². The van der Waals surface area contributed by atoms with Crippen molar-refractivity contribution in [3.8, 4) is 11.5 Å². The number of rotatable bonds is 7. The van der Waals surface area contributed by atoms with Gasteiger partial charge in [-0.3, -0.25) is 14.5 Å². The third-order valence-corrected chi connectivity index (χ3v) is 8.37. The van der Waals surface area contributed by atoms with Crippen LogP contribution in [0.15, 0.2) is 66.2 Å². The number of unbranched alkanes of at least 4 members (excludes halogenated alkanes) is 1. The fourth-order valence-corrected chi connectivity index (χ4v) is 6.41. The molecule has 2 aliphatic heterocycles. The van der Waals surface area contributed by atoms with E-state index in [0.29, 0.717) is 45.6 Å². The van der Waals surface area contributed by atoms with Gasteiger partial charge >= 0.3 is 5.91 Å². The van der Waals surface area contributed by atoms with E-state index in [1.807, 2.05) is 37.3 Å². The van der Waals surface area contributed by atoms with Crippen molar-refractivity contribution in [2.75, 3.05) is 11.5 Å². The van der Waals surface area contributed by atoms with Crippen molar-refractivity contribution >= 4 is 55.7 Å². The van der Waals surface area contributed by atoms with Crippen LogP contribution in [-0.2, 0) is 16.0 Å². The Hall–Kier alpha value is -3.88. The number of hydrogen-bond donors (Lipinski definition) is 1. The van der Waals surface area contributed by atoms with Gasteiger partial charge in [0.05, 0.1) is 28.4 Å². The van der Waals surface area contributed by atoms with Gasteiger partial charge < -0.3 is 14.6 Å². The van der Waals surface area contributed by atoms with E-state index >= 15 is 0 Å². The van der Waals surface area contributed by atoms with Crippen molar-refractivity contribution < 1.29 is 24.2 Å². The number of aliphatic hydroxyl groups is 1. The molecule has 0 spiro atoms. The van der Waals surface area contributed by atoms with Crippen LogP contribution >= 0.6 is 22.9 Å². The number of hydrogen-bond acceptors (Lipinski definition) is 7. The van der Waals surface area contributed by atoms with E-state index in [-0.39, 0.29) is 17.4 Å². The summed E-state index contributed by atoms with van der Waals surface area (Å²) in [5.74, 6) is -0.309. The van der Waals surface area contributed by atoms with Crippen molar-refractivity contribution in [2.45, 2.75) is 45.3 Å². The number of carbonyl (C=O) groups is 2. The standard InChI is InChI=1S/C31H27ClN2O5S/c1-3-4-13-38-22-9-5-18(6-10-22)27-26(28(35)19-7-12-24-20(15-19)14-17(2)39-24)29(36)30(37)34(27)31-33-23-11-8-21(32)16-25(23)40-31/h5-12,15-17,27,35H,3-4,13-14H2,1-2H3/b28-26+/t17-,27+/m1/s1. The van der Waals surface area contributed by atoms with Gasteiger partial charge in [0.2, 0.25) is 0 Å². The molecule has 204 valence electrons. The molecule has 40 heavy (non-hydrogen) atoms. The monoisotopic (exact) mass is 574 g/mol. The van der Waals surface area contributed by atoms with E-state index in [1.54, 1.807) is 30.3 Å². The molecule has 1 aromatic heterocycles. The number of nitrogens with zero attached hydrogens (tertiary/aromatic N) is 2. The van der Waals surface area contributed by atoms with Gasteiger partial charge in [-0.1, -0.05) is 48.4 Å². The Morgan fingerprint density at radius 3 is 2.73 bits per heavy atom. The molecule has 2 aliphatic rings. The minimum Gasteiger partial charge on any atom is -0.507 e. The highest BCUT2D eigenvalue weighted by atomic mass is 35.5. The molecule has 1 N–H and O–H groups in total. The lowest BCUT2D eigenvalue weighted by atomic mass is 9.94. The minimum atomic E-state index is -0.885. The van der Waals surface area contributed by atoms with E-state index in [9.17, 15) is 14.7 Å². The van der Waals surface area contributed by atoms with Crippen molar-refractivity contribution in [3.05, 3.63) is 87.9 Å². The molecule has 9 heteroatoms. The molecule has 0 radical (unpaired) electrons. The van der Waals surface area contributed by atoms with Crippen molar-refractivity contribution in [1.29, 1.82) is 0 Å². The summed E-state index contributed by atoms with van der Waals surface area (Å²) in [6.45, 7) is 4.68. The average molecular weight is 575 g/mol. The normalized spacial score (nSPS) is 19.7. The summed E-state index contributed by atoms with van der Waals surface area (Å²) in [6, 6.07) is 17.0. The Morgan fingerprint density at radius 2 is 1.95 bits per heavy atom. The number of ether oxygens (including phenoxy) is 2. The predicted molar refractivity (Wildman–Crippen MR) is 156 cm³/mol. The summed E-state index contributed by atoms with van der Waals surface area (Å²) in [7, 11) is 0. The third kappa shape index (κ3) is 4.71. The first-order valence-electron chi connectivity index (χ1n) is 13.2. The molecule has 0 saturated carbocycles. The van der Waals surface area contributed by atoms with Gasteiger partial charge in [-0.15, -0.1) is 0 Å². The highest BCUT2D eigenvalue weighted by molar-refractivity contribution is 7.22. The largest absolute Gasteiger partial charge is 0.507 e. The maximum Gasteiger partial charge on any atom is 0.301 e. The zero-order valence-corrected chi connectivity index (χ0v) is 23.6. The topological polar surface area (TPSA) is 89.0 Å². The van der Waals surface area contributed by atoms with Gasteiger partial charge in [0.15, 0.2) is 5.13 Å². The first kappa shape index (κ1) is 26.3. The van der Waals surface area contributed by atoms with Gasteiger partial charge in [-0.2, -0.15) is 0 Å². The summed E-state index contributed by atoms with van der Waals surface area (Å²) in [6.07, 6.45) is 2.69. The molecule has 7 nitrogen and oxygen atoms in total. The number of Topliss-reactive ketones (excluding diaryl/α,β-unsaturated/α-hetero) is 1. The second-order valence-corrected chi connectivity index (χ2v) is 11.4. The molecule has 1 fully saturated rings. The Kier molecular flexibility index (Phi) is 6.98. The number of thiazole rings is 1. The average Bonchev–Trinajstić information content (AvgIpc) is 3.60. The van der Waals surface area contributed by atoms with Gasteiger partial charge in [-0.05, 0) is 73.0 Å². The number of ketones is 1. The van der Waals surface area contributed by atoms with Crippen molar-refractivity contribution in [3.63, 3.8) is 0 Å². The fraction of sp³-hybridized carbons (Fsp3) is 0.258. The lowest BCUT2D eigenvalue weighted by Gasteiger charge is -2.23. The van der Waals surface area contributed by atoms with Gasteiger partial charge in [-0.25, -0.2) is 4.98 Å². The summed E-state index contributed by atoms with van der Waals surface area (Å²) < 4.78 is 12.4. The third-order valence-electron chi connectivity index (χ3n) is 7.12. The van der Waals surface area contributed by atoms with Crippen LogP contribution in [-0.4, -0.2) is 34.5 Å². The quantitative estimate of drug-likeness (QED) is 0.110. The second-order valence-electron chi connectivity index (χ2n) is 10.0. The van der Waals surface area contributed by atoms with Crippen LogP contribution in [0.4, 0.5) is 5.13 Å². The first-order chi connectivity index (χ1) is 19.3. The summed E-state index contributed by atoms with van der Waals surface area (Å²) in [5, 5.41) is 12.5. The molecule has 3 heterocycles. The van der Waals surface area contributed by atoms with Crippen LogP contribution in [0.5, 0.6) is 11.5 Å². The molecule has 2 atom stereocenters. The van der Waals surface area contributed by atoms with Gasteiger partial charge in [0.1, 0.15) is 23.4 Å². The van der Waals surface area contributed by atoms with Crippen LogP contribution in [0.3, 0.4) is 0 Å². The number of carbonyl (C=O) groups excluding carboxylic acids is 2. The highest BCUT2D eigenvalue weighted by Gasteiger charge is 2.48. The lowest BCUT2D eigenvalue weighted by Crippen LogP contribution is -2.29. The van der Waals surface area contributed by atoms with Crippen LogP contribution in [0.25, 0.3) is 16.0 Å². The van der Waals surface area contributed by atoms with Crippen molar-refractivity contribution in [1.82, 2.24) is 4.98 Å². The molecule has 0 unspecified atom stereocenters. The summed E-state index contributed by atoms with van der Waals surface area (Å²) >= 11 is 7.46. The number of halogens is 1. The highest BCUT2D eigenvalue weighted by Crippen LogP contribution is 2.45. The van der Waals surface area contributed by atoms with Gasteiger partial charge in [0, 0.05) is 17.0 Å². The van der Waals surface area contributed by atoms with Crippen LogP contribution < -0.4 is 14.4 Å². The van der Waals surface area contributed by atoms with Crippen LogP contribution in [0, 0.1) is 0 Å². The Bertz CT molecular complexity index is 1660. The molecule has 0 bridgehead atoms. The molecule has 1 saturated heterocycles. The number of aromatic nitrogens is 1. The lowest BCUT2D eigenvalue weighted by molar-refractivity contribution is -0.132. The SMILES string of the molecule is CCCCOc1ccc([C@H]2/C(=C(\O)c3ccc4c(c3)C[C@@H](C)O4)C(=O)C(=O)N2c2nc3ccc(Cl)cc3s2)cc1. The smallest absolute Gasteiger partial charge is 0.301 e. The Morgan fingerprint density at radius 1 is 1.15 bits per heavy atom. The maximum atomic E-state index is 13.6. The van der Waals surface area contributed by atoms with E-state index in [2.05, 4.69) is 11.9 Å². The van der Waals surface area contributed by atoms with E-state index in [0.717, 1.165) is 28.9 Å². The molecule has 0 aliphatic carbocycles. The number of aliphatic hydroxyl groups excluding tert-OH is 1. The Balaban J connectivity index is 1.47. The van der Waals surface area contributed by atoms with Crippen molar-refractivity contribution in [2.24, 2.45) is 0 Å². The number of benzene rings is 3. The van der Waals surface area contributed by atoms with E-state index < -0.39 is 17.7 Å². The molecule has 4 aromatic rings. The predicted octanol–water partition coefficient (Wildman–Crippen LogP) is 7.08. The molecular weight excluding hydrogens is 548 g/mol. The number of fused-ring (bicyclic) bond motifs is 2. The van der Waals surface area contributed by atoms with E-state index in [1.165, 1.54) is 16.2 Å². The number of amides is 1. The van der Waals surface area contributed by atoms with Crippen LogP contribution in [0.1, 0.15) is 49.4 Å². The minimum absolute atomic E-state index is 0.00820. The fourth-order valence-electron chi connectivity index (χ4n) is 5.14. The second kappa shape index (κ2) is 10.6. The number of anilines is 1. The van der Waals surface area contributed by atoms with E-state index in [4.69, 9.17) is 21.1 Å². The summed E-state index contributed by atoms with van der Waals surface area (Å²) in [4.78, 5) is 33.2. The molecular formula is C31H27ClN2O5S. The summed E-state index contributed by atoms with van der Waals surface area (Å²) in [5.41, 5.74) is 2.72. The zero-order valence-electron chi connectivity index (χ0n) is 22.0. The Labute approximate surface area is 240 Å². The molecule has 6 rings (SSSR count). The first-order valence-corrected chi connectivity index (χ1v) is 14.4. The zero-order chi connectivity index (χ0) is 28.0. The molecule has 3 aromatic carbocycles.